The summed E-state index contributed by atoms with van der Waals surface area (Å²) in [5.41, 5.74) is 1.92. The van der Waals surface area contributed by atoms with Crippen molar-refractivity contribution in [2.75, 3.05) is 31.6 Å². The molecule has 0 bridgehead atoms. The highest BCUT2D eigenvalue weighted by atomic mass is 16.6. The van der Waals surface area contributed by atoms with E-state index in [0.29, 0.717) is 30.9 Å². The Kier molecular flexibility index (Phi) is 5.65. The third kappa shape index (κ3) is 4.33. The number of ether oxygens (including phenoxy) is 2. The fraction of sp³-hybridized carbons (Fsp3) is 0.545. The Bertz CT molecular complexity index is 877. The Morgan fingerprint density at radius 1 is 1.28 bits per heavy atom. The number of aromatic nitrogens is 2. The molecule has 1 aromatic heterocycles. The van der Waals surface area contributed by atoms with Gasteiger partial charge in [-0.15, -0.1) is 0 Å². The van der Waals surface area contributed by atoms with E-state index in [9.17, 15) is 4.79 Å². The van der Waals surface area contributed by atoms with Crippen molar-refractivity contribution in [3.63, 3.8) is 0 Å². The molecule has 1 N–H and O–H groups in total. The maximum absolute atomic E-state index is 12.8. The number of nitrogens with one attached hydrogen (secondary N) is 1. The average molecular weight is 399 g/mol. The summed E-state index contributed by atoms with van der Waals surface area (Å²) in [6.45, 7) is 9.10. The number of amides is 2. The highest BCUT2D eigenvalue weighted by Gasteiger charge is 2.26. The third-order valence-electron chi connectivity index (χ3n) is 5.65. The molecule has 1 unspecified atom stereocenters. The maximum Gasteiger partial charge on any atom is 0.321 e. The first-order valence-corrected chi connectivity index (χ1v) is 10.5. The summed E-state index contributed by atoms with van der Waals surface area (Å²) < 4.78 is 13.5. The standard InChI is InChI=1S/C22H30N4O3/c1-15(2)26-16(3)13-23-21(26)11-17-5-4-8-25(14-17)22(27)24-18-6-7-19-20(12-18)29-10-9-28-19/h6-7,12-13,15,17H,4-5,8-11,14H2,1-3H3,(H,24,27). The van der Waals surface area contributed by atoms with E-state index in [1.54, 1.807) is 0 Å². The van der Waals surface area contributed by atoms with Gasteiger partial charge in [-0.25, -0.2) is 9.78 Å². The van der Waals surface area contributed by atoms with Crippen molar-refractivity contribution in [2.45, 2.75) is 46.1 Å². The lowest BCUT2D eigenvalue weighted by Crippen LogP contribution is -2.43. The molecule has 3 heterocycles. The van der Waals surface area contributed by atoms with Crippen molar-refractivity contribution in [3.8, 4) is 11.5 Å². The summed E-state index contributed by atoms with van der Waals surface area (Å²) in [6.07, 6.45) is 4.99. The molecule has 4 rings (SSSR count). The molecule has 1 saturated heterocycles. The number of rotatable bonds is 4. The molecule has 1 aromatic carbocycles. The first kappa shape index (κ1) is 19.6. The predicted octanol–water partition coefficient (Wildman–Crippen LogP) is 4.03. The monoisotopic (exact) mass is 398 g/mol. The van der Waals surface area contributed by atoms with Crippen LogP contribution in [0.2, 0.25) is 0 Å². The fourth-order valence-electron chi connectivity index (χ4n) is 4.35. The Balaban J connectivity index is 1.39. The molecule has 156 valence electrons. The van der Waals surface area contributed by atoms with Gasteiger partial charge in [-0.05, 0) is 51.7 Å². The van der Waals surface area contributed by atoms with Crippen molar-refractivity contribution in [2.24, 2.45) is 5.92 Å². The van der Waals surface area contributed by atoms with Crippen LogP contribution >= 0.6 is 0 Å². The van der Waals surface area contributed by atoms with Crippen molar-refractivity contribution in [1.29, 1.82) is 0 Å². The molecule has 0 aliphatic carbocycles. The van der Waals surface area contributed by atoms with Crippen molar-refractivity contribution in [1.82, 2.24) is 14.5 Å². The minimum Gasteiger partial charge on any atom is -0.486 e. The predicted molar refractivity (Wildman–Crippen MR) is 112 cm³/mol. The van der Waals surface area contributed by atoms with E-state index >= 15 is 0 Å². The lowest BCUT2D eigenvalue weighted by Gasteiger charge is -2.33. The summed E-state index contributed by atoms with van der Waals surface area (Å²) in [5.74, 6) is 2.95. The van der Waals surface area contributed by atoms with E-state index in [1.807, 2.05) is 29.3 Å². The Hall–Kier alpha value is -2.70. The van der Waals surface area contributed by atoms with Gasteiger partial charge >= 0.3 is 6.03 Å². The zero-order valence-electron chi connectivity index (χ0n) is 17.5. The molecular formula is C22H30N4O3. The van der Waals surface area contributed by atoms with E-state index in [-0.39, 0.29) is 6.03 Å². The summed E-state index contributed by atoms with van der Waals surface area (Å²) >= 11 is 0. The first-order valence-electron chi connectivity index (χ1n) is 10.5. The molecule has 29 heavy (non-hydrogen) atoms. The molecule has 1 fully saturated rings. The zero-order valence-corrected chi connectivity index (χ0v) is 17.5. The van der Waals surface area contributed by atoms with Crippen LogP contribution < -0.4 is 14.8 Å². The number of urea groups is 1. The molecule has 0 spiro atoms. The van der Waals surface area contributed by atoms with Crippen molar-refractivity contribution < 1.29 is 14.3 Å². The van der Waals surface area contributed by atoms with Crippen LogP contribution in [0.25, 0.3) is 0 Å². The van der Waals surface area contributed by atoms with E-state index in [4.69, 9.17) is 9.47 Å². The highest BCUT2D eigenvalue weighted by molar-refractivity contribution is 5.89. The molecule has 1 atom stereocenters. The largest absolute Gasteiger partial charge is 0.486 e. The number of nitrogens with zero attached hydrogens (tertiary/aromatic N) is 3. The van der Waals surface area contributed by atoms with Crippen LogP contribution in [0.3, 0.4) is 0 Å². The number of likely N-dealkylation sites (tertiary alicyclic amines) is 1. The van der Waals surface area contributed by atoms with Crippen LogP contribution in [-0.4, -0.2) is 46.8 Å². The molecule has 2 aromatic rings. The SMILES string of the molecule is Cc1cnc(CC2CCCN(C(=O)Nc3ccc4c(c3)OCCO4)C2)n1C(C)C. The minimum atomic E-state index is -0.0604. The second-order valence-corrected chi connectivity index (χ2v) is 8.23. The minimum absolute atomic E-state index is 0.0604. The van der Waals surface area contributed by atoms with E-state index in [1.165, 1.54) is 5.69 Å². The Morgan fingerprint density at radius 3 is 2.86 bits per heavy atom. The number of carbonyl (C=O) groups excluding carboxylic acids is 1. The average Bonchev–Trinajstić information content (AvgIpc) is 3.08. The molecule has 2 aliphatic heterocycles. The van der Waals surface area contributed by atoms with Gasteiger partial charge in [0.25, 0.3) is 0 Å². The Labute approximate surface area is 172 Å². The number of anilines is 1. The quantitative estimate of drug-likeness (QED) is 0.844. The van der Waals surface area contributed by atoms with Crippen LogP contribution in [0.4, 0.5) is 10.5 Å². The molecule has 2 aliphatic rings. The molecule has 0 radical (unpaired) electrons. The maximum atomic E-state index is 12.8. The number of carbonyl (C=O) groups is 1. The van der Waals surface area contributed by atoms with Crippen LogP contribution in [0, 0.1) is 12.8 Å². The topological polar surface area (TPSA) is 68.6 Å². The van der Waals surface area contributed by atoms with Gasteiger partial charge < -0.3 is 24.3 Å². The molecule has 0 saturated carbocycles. The summed E-state index contributed by atoms with van der Waals surface area (Å²) in [7, 11) is 0. The summed E-state index contributed by atoms with van der Waals surface area (Å²) in [5, 5.41) is 3.01. The smallest absolute Gasteiger partial charge is 0.321 e. The first-order chi connectivity index (χ1) is 14.0. The van der Waals surface area contributed by atoms with Crippen LogP contribution in [0.5, 0.6) is 11.5 Å². The number of hydrogen-bond acceptors (Lipinski definition) is 4. The number of hydrogen-bond donors (Lipinski definition) is 1. The molecule has 7 heteroatoms. The van der Waals surface area contributed by atoms with Crippen LogP contribution in [0.1, 0.15) is 44.2 Å². The normalized spacial score (nSPS) is 18.8. The van der Waals surface area contributed by atoms with Gasteiger partial charge in [0.1, 0.15) is 19.0 Å². The molecule has 2 amide bonds. The Morgan fingerprint density at radius 2 is 2.07 bits per heavy atom. The number of piperidine rings is 1. The van der Waals surface area contributed by atoms with Gasteiger partial charge in [0.15, 0.2) is 11.5 Å². The van der Waals surface area contributed by atoms with Gasteiger partial charge in [-0.1, -0.05) is 0 Å². The fourth-order valence-corrected chi connectivity index (χ4v) is 4.35. The lowest BCUT2D eigenvalue weighted by atomic mass is 9.94. The number of aryl methyl sites for hydroxylation is 1. The molecule has 7 nitrogen and oxygen atoms in total. The number of benzene rings is 1. The van der Waals surface area contributed by atoms with Gasteiger partial charge in [0, 0.05) is 49.2 Å². The zero-order chi connectivity index (χ0) is 20.4. The summed E-state index contributed by atoms with van der Waals surface area (Å²) in [4.78, 5) is 19.4. The van der Waals surface area contributed by atoms with Crippen LogP contribution in [0.15, 0.2) is 24.4 Å². The summed E-state index contributed by atoms with van der Waals surface area (Å²) in [6, 6.07) is 5.86. The number of imidazole rings is 1. The third-order valence-corrected chi connectivity index (χ3v) is 5.65. The van der Waals surface area contributed by atoms with Crippen molar-refractivity contribution in [3.05, 3.63) is 35.9 Å². The lowest BCUT2D eigenvalue weighted by molar-refractivity contribution is 0.171. The van der Waals surface area contributed by atoms with Gasteiger partial charge in [-0.2, -0.15) is 0 Å². The van der Waals surface area contributed by atoms with Gasteiger partial charge in [-0.3, -0.25) is 0 Å². The van der Waals surface area contributed by atoms with Gasteiger partial charge in [0.2, 0.25) is 0 Å². The van der Waals surface area contributed by atoms with E-state index in [2.05, 4.69) is 35.6 Å². The second kappa shape index (κ2) is 8.35. The van der Waals surface area contributed by atoms with E-state index in [0.717, 1.165) is 49.6 Å². The van der Waals surface area contributed by atoms with Crippen molar-refractivity contribution >= 4 is 11.7 Å². The van der Waals surface area contributed by atoms with E-state index < -0.39 is 0 Å². The van der Waals surface area contributed by atoms with Crippen LogP contribution in [-0.2, 0) is 6.42 Å². The van der Waals surface area contributed by atoms with Gasteiger partial charge in [0.05, 0.1) is 0 Å². The molecular weight excluding hydrogens is 368 g/mol. The number of fused-ring (bicyclic) bond motifs is 1. The second-order valence-electron chi connectivity index (χ2n) is 8.23. The highest BCUT2D eigenvalue weighted by Crippen LogP contribution is 2.33.